The molecule has 1 rings (SSSR count). The molecule has 2 amide bonds. The number of rotatable bonds is 5. The van der Waals surface area contributed by atoms with Crippen LogP contribution in [-0.4, -0.2) is 34.1 Å². The van der Waals surface area contributed by atoms with Crippen LogP contribution in [0.25, 0.3) is 0 Å². The van der Waals surface area contributed by atoms with E-state index in [0.717, 1.165) is 0 Å². The fraction of sp³-hybridized carbons (Fsp3) is 0.462. The van der Waals surface area contributed by atoms with E-state index in [4.69, 9.17) is 10.5 Å². The molecule has 0 aliphatic carbocycles. The Hall–Kier alpha value is -2.15. The van der Waals surface area contributed by atoms with E-state index < -0.39 is 17.6 Å². The van der Waals surface area contributed by atoms with Crippen LogP contribution in [0.2, 0.25) is 0 Å². The molecule has 7 heteroatoms. The Morgan fingerprint density at radius 1 is 1.40 bits per heavy atom. The molecule has 3 N–H and O–H groups in total. The molecule has 1 aromatic heterocycles. The first kappa shape index (κ1) is 15.9. The number of amides is 2. The van der Waals surface area contributed by atoms with Gasteiger partial charge in [0.2, 0.25) is 5.91 Å². The van der Waals surface area contributed by atoms with Gasteiger partial charge in [-0.2, -0.15) is 0 Å². The highest BCUT2D eigenvalue weighted by Gasteiger charge is 2.19. The summed E-state index contributed by atoms with van der Waals surface area (Å²) in [6.07, 6.45) is 0.986. The molecule has 0 aromatic carbocycles. The molecule has 0 atom stereocenters. The maximum atomic E-state index is 11.7. The van der Waals surface area contributed by atoms with Crippen LogP contribution < -0.4 is 11.2 Å². The number of aromatic nitrogens is 1. The molecule has 0 fully saturated rings. The van der Waals surface area contributed by atoms with Crippen molar-refractivity contribution in [1.82, 2.24) is 15.4 Å². The summed E-state index contributed by atoms with van der Waals surface area (Å²) >= 11 is 0. The van der Waals surface area contributed by atoms with E-state index in [2.05, 4.69) is 10.4 Å². The smallest absolute Gasteiger partial charge is 0.422 e. The first-order valence-electron chi connectivity index (χ1n) is 6.19. The highest BCUT2D eigenvalue weighted by atomic mass is 16.6. The molecule has 0 aliphatic rings. The van der Waals surface area contributed by atoms with Gasteiger partial charge in [0.25, 0.3) is 0 Å². The van der Waals surface area contributed by atoms with E-state index in [1.165, 1.54) is 5.01 Å². The summed E-state index contributed by atoms with van der Waals surface area (Å²) in [5, 5.41) is 1.36. The van der Waals surface area contributed by atoms with Crippen LogP contribution in [0.1, 0.15) is 26.5 Å². The number of hydrogen-bond acceptors (Lipinski definition) is 5. The van der Waals surface area contributed by atoms with Gasteiger partial charge < -0.3 is 10.5 Å². The lowest BCUT2D eigenvalue weighted by atomic mass is 10.2. The van der Waals surface area contributed by atoms with Crippen molar-refractivity contribution < 1.29 is 14.3 Å². The number of primary amides is 1. The summed E-state index contributed by atoms with van der Waals surface area (Å²) in [6.45, 7) is 5.39. The molecule has 7 nitrogen and oxygen atoms in total. The summed E-state index contributed by atoms with van der Waals surface area (Å²) in [6, 6.07) is 5.38. The zero-order valence-electron chi connectivity index (χ0n) is 11.9. The topological polar surface area (TPSA) is 97.5 Å². The molecule has 1 heterocycles. The number of nitrogens with one attached hydrogen (secondary N) is 1. The van der Waals surface area contributed by atoms with Gasteiger partial charge in [-0.05, 0) is 32.9 Å². The highest BCUT2D eigenvalue weighted by molar-refractivity contribution is 5.76. The second kappa shape index (κ2) is 6.85. The van der Waals surface area contributed by atoms with Gasteiger partial charge in [-0.15, -0.1) is 0 Å². The van der Waals surface area contributed by atoms with Crippen LogP contribution in [0.5, 0.6) is 0 Å². The number of hydrazine groups is 1. The molecule has 0 spiro atoms. The summed E-state index contributed by atoms with van der Waals surface area (Å²) in [5.74, 6) is -0.558. The molecule has 0 bridgehead atoms. The maximum absolute atomic E-state index is 11.7. The van der Waals surface area contributed by atoms with Crippen molar-refractivity contribution in [2.24, 2.45) is 5.73 Å². The Morgan fingerprint density at radius 2 is 2.10 bits per heavy atom. The summed E-state index contributed by atoms with van der Waals surface area (Å²) in [7, 11) is 0. The lowest BCUT2D eigenvalue weighted by Gasteiger charge is -2.25. The van der Waals surface area contributed by atoms with Crippen molar-refractivity contribution >= 4 is 12.0 Å². The predicted octanol–water partition coefficient (Wildman–Crippen LogP) is 0.809. The average Bonchev–Trinajstić information content (AvgIpc) is 2.26. The molecule has 20 heavy (non-hydrogen) atoms. The zero-order valence-corrected chi connectivity index (χ0v) is 11.9. The number of ether oxygens (including phenoxy) is 1. The molecular weight excluding hydrogens is 260 g/mol. The Morgan fingerprint density at radius 3 is 2.60 bits per heavy atom. The van der Waals surface area contributed by atoms with Gasteiger partial charge in [-0.3, -0.25) is 15.2 Å². The molecule has 110 valence electrons. The average molecular weight is 280 g/mol. The zero-order chi connectivity index (χ0) is 15.2. The lowest BCUT2D eigenvalue weighted by molar-refractivity contribution is -0.119. The fourth-order valence-corrected chi connectivity index (χ4v) is 1.44. The van der Waals surface area contributed by atoms with E-state index in [9.17, 15) is 9.59 Å². The first-order chi connectivity index (χ1) is 9.26. The second-order valence-corrected chi connectivity index (χ2v) is 5.26. The van der Waals surface area contributed by atoms with Crippen molar-refractivity contribution in [3.63, 3.8) is 0 Å². The molecule has 0 radical (unpaired) electrons. The van der Waals surface area contributed by atoms with Gasteiger partial charge in [0.15, 0.2) is 0 Å². The van der Waals surface area contributed by atoms with Gasteiger partial charge >= 0.3 is 6.09 Å². The number of carbonyl (C=O) groups is 2. The lowest BCUT2D eigenvalue weighted by Crippen LogP contribution is -2.47. The molecular formula is C13H20N4O3. The Kier molecular flexibility index (Phi) is 5.45. The minimum Gasteiger partial charge on any atom is -0.443 e. The summed E-state index contributed by atoms with van der Waals surface area (Å²) in [4.78, 5) is 26.8. The largest absolute Gasteiger partial charge is 0.443 e. The number of nitrogens with zero attached hydrogens (tertiary/aromatic N) is 2. The quantitative estimate of drug-likeness (QED) is 0.778. The second-order valence-electron chi connectivity index (χ2n) is 5.26. The van der Waals surface area contributed by atoms with E-state index in [-0.39, 0.29) is 13.1 Å². The normalized spacial score (nSPS) is 11.2. The number of nitrogens with two attached hydrogens (primary N) is 1. The van der Waals surface area contributed by atoms with Crippen LogP contribution >= 0.6 is 0 Å². The third-order valence-corrected chi connectivity index (χ3v) is 2.07. The van der Waals surface area contributed by atoms with Crippen LogP contribution in [0.4, 0.5) is 4.79 Å². The van der Waals surface area contributed by atoms with Crippen molar-refractivity contribution in [3.05, 3.63) is 30.1 Å². The van der Waals surface area contributed by atoms with Gasteiger partial charge in [0, 0.05) is 6.20 Å². The Balaban J connectivity index is 2.65. The summed E-state index contributed by atoms with van der Waals surface area (Å²) < 4.78 is 5.12. The van der Waals surface area contributed by atoms with Crippen molar-refractivity contribution in [3.8, 4) is 0 Å². The van der Waals surface area contributed by atoms with E-state index in [1.54, 1.807) is 39.1 Å². The third-order valence-electron chi connectivity index (χ3n) is 2.07. The van der Waals surface area contributed by atoms with Crippen molar-refractivity contribution in [1.29, 1.82) is 0 Å². The predicted molar refractivity (Wildman–Crippen MR) is 73.2 cm³/mol. The number of pyridine rings is 1. The van der Waals surface area contributed by atoms with Crippen molar-refractivity contribution in [2.75, 3.05) is 6.54 Å². The maximum Gasteiger partial charge on any atom is 0.422 e. The van der Waals surface area contributed by atoms with Crippen molar-refractivity contribution in [2.45, 2.75) is 32.9 Å². The molecule has 0 unspecified atom stereocenters. The molecule has 0 saturated carbocycles. The van der Waals surface area contributed by atoms with Gasteiger partial charge in [0.05, 0.1) is 18.8 Å². The van der Waals surface area contributed by atoms with Gasteiger partial charge in [0.1, 0.15) is 5.60 Å². The van der Waals surface area contributed by atoms with Crippen LogP contribution in [0.3, 0.4) is 0 Å². The number of hydrogen-bond donors (Lipinski definition) is 2. The highest BCUT2D eigenvalue weighted by Crippen LogP contribution is 2.07. The minimum atomic E-state index is -0.644. The Labute approximate surface area is 118 Å². The van der Waals surface area contributed by atoms with E-state index in [0.29, 0.717) is 5.69 Å². The number of carbonyl (C=O) groups excluding carboxylic acids is 2. The van der Waals surface area contributed by atoms with Crippen LogP contribution in [0.15, 0.2) is 24.4 Å². The van der Waals surface area contributed by atoms with Gasteiger partial charge in [-0.1, -0.05) is 6.07 Å². The van der Waals surface area contributed by atoms with E-state index >= 15 is 0 Å². The monoisotopic (exact) mass is 280 g/mol. The first-order valence-corrected chi connectivity index (χ1v) is 6.19. The standard InChI is InChI=1S/C13H20N4O3/c1-13(2,3)20-12(19)16-17(9-11(14)18)8-10-6-4-5-7-15-10/h4-7H,8-9H2,1-3H3,(H2,14,18)(H,16,19). The molecule has 0 saturated heterocycles. The SMILES string of the molecule is CC(C)(C)OC(=O)NN(CC(N)=O)Cc1ccccn1. The van der Waals surface area contributed by atoms with Crippen LogP contribution in [-0.2, 0) is 16.1 Å². The van der Waals surface area contributed by atoms with E-state index in [1.807, 2.05) is 6.07 Å². The minimum absolute atomic E-state index is 0.129. The molecule has 0 aliphatic heterocycles. The molecule has 1 aromatic rings. The van der Waals surface area contributed by atoms with Crippen LogP contribution in [0, 0.1) is 0 Å². The third kappa shape index (κ3) is 6.69. The fourth-order valence-electron chi connectivity index (χ4n) is 1.44. The van der Waals surface area contributed by atoms with Gasteiger partial charge in [-0.25, -0.2) is 9.80 Å². The Bertz CT molecular complexity index is 456. The summed E-state index contributed by atoms with van der Waals surface area (Å²) in [5.41, 5.74) is 7.72.